The predicted molar refractivity (Wildman–Crippen MR) is 98.8 cm³/mol. The summed E-state index contributed by atoms with van der Waals surface area (Å²) in [7, 11) is 1.92. The van der Waals surface area contributed by atoms with Crippen molar-refractivity contribution in [1.82, 2.24) is 19.7 Å². The lowest BCUT2D eigenvalue weighted by Gasteiger charge is -2.16. The van der Waals surface area contributed by atoms with Gasteiger partial charge in [-0.15, -0.1) is 10.2 Å². The summed E-state index contributed by atoms with van der Waals surface area (Å²) in [5, 5.41) is 11.3. The van der Waals surface area contributed by atoms with Gasteiger partial charge in [0.1, 0.15) is 12.2 Å². The van der Waals surface area contributed by atoms with E-state index in [1.54, 1.807) is 6.33 Å². The number of hydrogen-bond acceptors (Lipinski definition) is 4. The molecular formula is C20H20F3N5. The van der Waals surface area contributed by atoms with E-state index in [1.165, 1.54) is 23.4 Å². The number of nitrogens with zero attached hydrogens (tertiary/aromatic N) is 4. The molecule has 0 radical (unpaired) electrons. The molecule has 2 heterocycles. The molecule has 146 valence electrons. The van der Waals surface area contributed by atoms with E-state index in [4.69, 9.17) is 0 Å². The molecule has 28 heavy (non-hydrogen) atoms. The van der Waals surface area contributed by atoms with Crippen LogP contribution in [0.5, 0.6) is 0 Å². The lowest BCUT2D eigenvalue weighted by molar-refractivity contribution is -0.138. The van der Waals surface area contributed by atoms with Gasteiger partial charge in [0.15, 0.2) is 0 Å². The molecule has 5 nitrogen and oxygen atoms in total. The summed E-state index contributed by atoms with van der Waals surface area (Å²) in [5.41, 5.74) is 2.57. The molecule has 0 spiro atoms. The number of nitrogens with one attached hydrogen (secondary N) is 1. The van der Waals surface area contributed by atoms with Gasteiger partial charge in [0.05, 0.1) is 17.8 Å². The lowest BCUT2D eigenvalue weighted by Crippen LogP contribution is -2.13. The number of benzene rings is 1. The fraction of sp³-hybridized carbons (Fsp3) is 0.350. The van der Waals surface area contributed by atoms with Crippen molar-refractivity contribution in [2.45, 2.75) is 37.9 Å². The highest BCUT2D eigenvalue weighted by Gasteiger charge is 2.34. The van der Waals surface area contributed by atoms with Crippen molar-refractivity contribution >= 4 is 5.69 Å². The monoisotopic (exact) mass is 387 g/mol. The molecule has 0 fully saturated rings. The van der Waals surface area contributed by atoms with Crippen molar-refractivity contribution in [1.29, 1.82) is 0 Å². The average molecular weight is 387 g/mol. The van der Waals surface area contributed by atoms with E-state index < -0.39 is 11.7 Å². The van der Waals surface area contributed by atoms with E-state index in [2.05, 4.69) is 26.6 Å². The maximum atomic E-state index is 13.2. The summed E-state index contributed by atoms with van der Waals surface area (Å²) >= 11 is 0. The lowest BCUT2D eigenvalue weighted by atomic mass is 9.97. The van der Waals surface area contributed by atoms with E-state index >= 15 is 0 Å². The minimum absolute atomic E-state index is 0.00114. The third-order valence-electron chi connectivity index (χ3n) is 5.27. The second kappa shape index (κ2) is 7.26. The van der Waals surface area contributed by atoms with Gasteiger partial charge in [-0.1, -0.05) is 12.1 Å². The highest BCUT2D eigenvalue weighted by Crippen LogP contribution is 2.39. The molecule has 1 aliphatic rings. The second-order valence-electron chi connectivity index (χ2n) is 7.02. The van der Waals surface area contributed by atoms with Crippen molar-refractivity contribution in [2.24, 2.45) is 7.05 Å². The van der Waals surface area contributed by atoms with Gasteiger partial charge in [0, 0.05) is 25.4 Å². The van der Waals surface area contributed by atoms with E-state index in [-0.39, 0.29) is 12.2 Å². The molecule has 8 heteroatoms. The quantitative estimate of drug-likeness (QED) is 0.716. The van der Waals surface area contributed by atoms with Crippen LogP contribution in [-0.2, 0) is 32.6 Å². The highest BCUT2D eigenvalue weighted by molar-refractivity contribution is 5.58. The fourth-order valence-corrected chi connectivity index (χ4v) is 3.85. The number of fused-ring (bicyclic) bond motifs is 1. The summed E-state index contributed by atoms with van der Waals surface area (Å²) in [5.74, 6) is 1.26. The van der Waals surface area contributed by atoms with Crippen LogP contribution in [0, 0.1) is 0 Å². The maximum Gasteiger partial charge on any atom is 0.418 e. The summed E-state index contributed by atoms with van der Waals surface area (Å²) in [6, 6.07) is 8.33. The molecule has 1 aliphatic carbocycles. The van der Waals surface area contributed by atoms with Crippen molar-refractivity contribution < 1.29 is 13.2 Å². The molecule has 0 bridgehead atoms. The molecule has 1 unspecified atom stereocenters. The number of aromatic nitrogens is 4. The largest absolute Gasteiger partial charge is 0.418 e. The standard InChI is InChI=1S/C20H20F3N5/c1-28-12-26-27-19(28)10-13-7-8-15-14(13)4-2-6-17(15)25-11-18-16(20(21,22)23)5-3-9-24-18/h2-6,9,12-13,25H,7-8,10-11H2,1H3. The summed E-state index contributed by atoms with van der Waals surface area (Å²) in [6.45, 7) is 0.0279. The van der Waals surface area contributed by atoms with Crippen LogP contribution in [0.15, 0.2) is 42.9 Å². The van der Waals surface area contributed by atoms with Gasteiger partial charge in [0.2, 0.25) is 0 Å². The number of anilines is 1. The van der Waals surface area contributed by atoms with Crippen LogP contribution in [0.25, 0.3) is 0 Å². The van der Waals surface area contributed by atoms with Crippen LogP contribution in [0.4, 0.5) is 18.9 Å². The SMILES string of the molecule is Cn1cnnc1CC1CCc2c(NCc3ncccc3C(F)(F)F)cccc21. The molecule has 0 amide bonds. The van der Waals surface area contributed by atoms with Crippen LogP contribution >= 0.6 is 0 Å². The molecule has 1 atom stereocenters. The number of hydrogen-bond donors (Lipinski definition) is 1. The number of aryl methyl sites for hydroxylation is 1. The Hall–Kier alpha value is -2.90. The Labute approximate surface area is 160 Å². The van der Waals surface area contributed by atoms with Crippen LogP contribution in [0.3, 0.4) is 0 Å². The summed E-state index contributed by atoms with van der Waals surface area (Å²) < 4.78 is 41.4. The molecule has 0 saturated carbocycles. The van der Waals surface area contributed by atoms with Gasteiger partial charge in [0.25, 0.3) is 0 Å². The number of rotatable bonds is 5. The van der Waals surface area contributed by atoms with Gasteiger partial charge >= 0.3 is 6.18 Å². The Bertz CT molecular complexity index is 980. The van der Waals surface area contributed by atoms with E-state index in [0.29, 0.717) is 5.92 Å². The van der Waals surface area contributed by atoms with Gasteiger partial charge in [-0.25, -0.2) is 0 Å². The topological polar surface area (TPSA) is 55.6 Å². The second-order valence-corrected chi connectivity index (χ2v) is 7.02. The van der Waals surface area contributed by atoms with Crippen molar-refractivity contribution in [3.63, 3.8) is 0 Å². The molecule has 1 aromatic carbocycles. The third-order valence-corrected chi connectivity index (χ3v) is 5.27. The Kier molecular flexibility index (Phi) is 4.78. The van der Waals surface area contributed by atoms with Gasteiger partial charge in [-0.3, -0.25) is 4.98 Å². The molecular weight excluding hydrogens is 367 g/mol. The van der Waals surface area contributed by atoms with Crippen molar-refractivity contribution in [2.75, 3.05) is 5.32 Å². The first-order valence-electron chi connectivity index (χ1n) is 9.13. The van der Waals surface area contributed by atoms with E-state index in [1.807, 2.05) is 23.7 Å². The zero-order valence-electron chi connectivity index (χ0n) is 15.4. The first-order valence-corrected chi connectivity index (χ1v) is 9.13. The van der Waals surface area contributed by atoms with Crippen LogP contribution < -0.4 is 5.32 Å². The third kappa shape index (κ3) is 3.58. The molecule has 1 N–H and O–H groups in total. The molecule has 0 aliphatic heterocycles. The predicted octanol–water partition coefficient (Wildman–Crippen LogP) is 4.11. The smallest absolute Gasteiger partial charge is 0.379 e. The minimum atomic E-state index is -4.41. The Morgan fingerprint density at radius 1 is 1.21 bits per heavy atom. The van der Waals surface area contributed by atoms with Crippen LogP contribution in [0.1, 0.15) is 40.5 Å². The van der Waals surface area contributed by atoms with Gasteiger partial charge in [-0.05, 0) is 48.1 Å². The average Bonchev–Trinajstić information content (AvgIpc) is 3.27. The summed E-state index contributed by atoms with van der Waals surface area (Å²) in [6.07, 6.45) is 1.33. The number of halogens is 3. The van der Waals surface area contributed by atoms with Crippen molar-refractivity contribution in [3.05, 3.63) is 71.1 Å². The zero-order chi connectivity index (χ0) is 19.7. The summed E-state index contributed by atoms with van der Waals surface area (Å²) in [4.78, 5) is 3.93. The van der Waals surface area contributed by atoms with Crippen LogP contribution in [0.2, 0.25) is 0 Å². The van der Waals surface area contributed by atoms with E-state index in [0.717, 1.165) is 36.8 Å². The molecule has 2 aromatic heterocycles. The molecule has 3 aromatic rings. The van der Waals surface area contributed by atoms with Crippen molar-refractivity contribution in [3.8, 4) is 0 Å². The maximum absolute atomic E-state index is 13.2. The van der Waals surface area contributed by atoms with Gasteiger partial charge < -0.3 is 9.88 Å². The molecule has 4 rings (SSSR count). The van der Waals surface area contributed by atoms with E-state index in [9.17, 15) is 13.2 Å². The normalized spacial score (nSPS) is 16.2. The van der Waals surface area contributed by atoms with Gasteiger partial charge in [-0.2, -0.15) is 13.2 Å². The molecule has 0 saturated heterocycles. The van der Waals surface area contributed by atoms with Crippen LogP contribution in [-0.4, -0.2) is 19.7 Å². The first kappa shape index (κ1) is 18.5. The Morgan fingerprint density at radius 3 is 2.82 bits per heavy atom. The Balaban J connectivity index is 1.53. The number of pyridine rings is 1. The fourth-order valence-electron chi connectivity index (χ4n) is 3.85. The zero-order valence-corrected chi connectivity index (χ0v) is 15.4. The Morgan fingerprint density at radius 2 is 2.07 bits per heavy atom. The minimum Gasteiger partial charge on any atom is -0.379 e. The number of alkyl halides is 3. The first-order chi connectivity index (χ1) is 13.4. The highest BCUT2D eigenvalue weighted by atomic mass is 19.4.